The second-order valence-corrected chi connectivity index (χ2v) is 5.86. The highest BCUT2D eigenvalue weighted by molar-refractivity contribution is 5.84. The molecule has 1 aliphatic carbocycles. The highest BCUT2D eigenvalue weighted by Crippen LogP contribution is 2.47. The molecule has 4 heteroatoms. The largest absolute Gasteiger partial charge is 0.469 e. The molecule has 2 N–H and O–H groups in total. The fraction of sp³-hybridized carbons (Fsp3) is 0.278. The first-order valence-corrected chi connectivity index (χ1v) is 7.69. The van der Waals surface area contributed by atoms with E-state index in [1.807, 2.05) is 30.5 Å². The fourth-order valence-electron chi connectivity index (χ4n) is 3.09. The molecule has 3 aromatic rings. The van der Waals surface area contributed by atoms with Crippen molar-refractivity contribution < 1.29 is 9.21 Å². The molecular weight excluding hydrogens is 276 g/mol. The number of benzene rings is 1. The van der Waals surface area contributed by atoms with Gasteiger partial charge < -0.3 is 14.7 Å². The molecule has 4 nitrogen and oxygen atoms in total. The van der Waals surface area contributed by atoms with E-state index in [0.717, 1.165) is 24.1 Å². The average Bonchev–Trinajstić information content (AvgIpc) is 2.98. The van der Waals surface area contributed by atoms with Crippen molar-refractivity contribution in [1.82, 2.24) is 10.3 Å². The summed E-state index contributed by atoms with van der Waals surface area (Å²) in [7, 11) is 0. The molecule has 2 aromatic heterocycles. The lowest BCUT2D eigenvalue weighted by Crippen LogP contribution is -2.27. The summed E-state index contributed by atoms with van der Waals surface area (Å²) in [5.74, 6) is 1.41. The Morgan fingerprint density at radius 2 is 2.18 bits per heavy atom. The SMILES string of the molecule is O=C(NCCc1c[nH]c2ccccc12)[C@H]1C[C@H]1c1ccco1. The minimum absolute atomic E-state index is 0.0779. The van der Waals surface area contributed by atoms with Crippen molar-refractivity contribution in [1.29, 1.82) is 0 Å². The molecule has 0 aliphatic heterocycles. The first kappa shape index (κ1) is 13.2. The number of H-pyrrole nitrogens is 1. The Bertz CT molecular complexity index is 788. The van der Waals surface area contributed by atoms with Crippen LogP contribution in [0.3, 0.4) is 0 Å². The van der Waals surface area contributed by atoms with E-state index in [1.165, 1.54) is 10.9 Å². The zero-order valence-corrected chi connectivity index (χ0v) is 12.2. The Morgan fingerprint density at radius 3 is 3.05 bits per heavy atom. The minimum Gasteiger partial charge on any atom is -0.469 e. The maximum Gasteiger partial charge on any atom is 0.223 e. The zero-order valence-electron chi connectivity index (χ0n) is 12.2. The molecule has 0 saturated heterocycles. The molecule has 112 valence electrons. The van der Waals surface area contributed by atoms with Crippen molar-refractivity contribution in [2.45, 2.75) is 18.8 Å². The van der Waals surface area contributed by atoms with Crippen LogP contribution < -0.4 is 5.32 Å². The smallest absolute Gasteiger partial charge is 0.223 e. The van der Waals surface area contributed by atoms with Gasteiger partial charge >= 0.3 is 0 Å². The number of amides is 1. The fourth-order valence-corrected chi connectivity index (χ4v) is 3.09. The topological polar surface area (TPSA) is 58.0 Å². The summed E-state index contributed by atoms with van der Waals surface area (Å²) in [6.07, 6.45) is 5.43. The summed E-state index contributed by atoms with van der Waals surface area (Å²) >= 11 is 0. The Hall–Kier alpha value is -2.49. The first-order valence-electron chi connectivity index (χ1n) is 7.69. The Kier molecular flexibility index (Phi) is 3.22. The van der Waals surface area contributed by atoms with Crippen LogP contribution in [0.5, 0.6) is 0 Å². The molecule has 4 rings (SSSR count). The van der Waals surface area contributed by atoms with Crippen molar-refractivity contribution in [2.75, 3.05) is 6.54 Å². The molecule has 2 heterocycles. The number of fused-ring (bicyclic) bond motifs is 1. The number of furan rings is 1. The number of hydrogen-bond acceptors (Lipinski definition) is 2. The molecule has 0 bridgehead atoms. The first-order chi connectivity index (χ1) is 10.8. The van der Waals surface area contributed by atoms with Gasteiger partial charge in [-0.15, -0.1) is 0 Å². The van der Waals surface area contributed by atoms with E-state index in [9.17, 15) is 4.79 Å². The third-order valence-corrected chi connectivity index (χ3v) is 4.40. The van der Waals surface area contributed by atoms with Gasteiger partial charge in [0.2, 0.25) is 5.91 Å². The highest BCUT2D eigenvalue weighted by atomic mass is 16.3. The van der Waals surface area contributed by atoms with Gasteiger partial charge in [0.05, 0.1) is 6.26 Å². The van der Waals surface area contributed by atoms with Crippen molar-refractivity contribution in [3.63, 3.8) is 0 Å². The molecule has 1 saturated carbocycles. The van der Waals surface area contributed by atoms with E-state index in [-0.39, 0.29) is 17.7 Å². The standard InChI is InChI=1S/C18H18N2O2/c21-18(15-10-14(15)17-6-3-9-22-17)19-8-7-12-11-20-16-5-2-1-4-13(12)16/h1-6,9,11,14-15,20H,7-8,10H2,(H,19,21)/t14-,15+/m1/s1. The molecule has 1 aliphatic rings. The van der Waals surface area contributed by atoms with Crippen LogP contribution in [0.4, 0.5) is 0 Å². The lowest BCUT2D eigenvalue weighted by Gasteiger charge is -2.04. The predicted molar refractivity (Wildman–Crippen MR) is 84.6 cm³/mol. The van der Waals surface area contributed by atoms with Crippen molar-refractivity contribution in [3.05, 3.63) is 60.2 Å². The van der Waals surface area contributed by atoms with E-state index in [0.29, 0.717) is 6.54 Å². The summed E-state index contributed by atoms with van der Waals surface area (Å²) in [4.78, 5) is 15.4. The lowest BCUT2D eigenvalue weighted by molar-refractivity contribution is -0.122. The van der Waals surface area contributed by atoms with Crippen LogP contribution in [0, 0.1) is 5.92 Å². The highest BCUT2D eigenvalue weighted by Gasteiger charge is 2.45. The third-order valence-electron chi connectivity index (χ3n) is 4.40. The Balaban J connectivity index is 1.31. The van der Waals surface area contributed by atoms with Crippen LogP contribution in [0.2, 0.25) is 0 Å². The van der Waals surface area contributed by atoms with E-state index in [1.54, 1.807) is 6.26 Å². The molecular formula is C18H18N2O2. The number of rotatable bonds is 5. The van der Waals surface area contributed by atoms with Crippen LogP contribution >= 0.6 is 0 Å². The van der Waals surface area contributed by atoms with Crippen molar-refractivity contribution >= 4 is 16.8 Å². The number of carbonyl (C=O) groups excluding carboxylic acids is 1. The number of aromatic nitrogens is 1. The number of carbonyl (C=O) groups is 1. The van der Waals surface area contributed by atoms with Gasteiger partial charge in [-0.05, 0) is 36.6 Å². The van der Waals surface area contributed by atoms with Gasteiger partial charge in [0.25, 0.3) is 0 Å². The maximum atomic E-state index is 12.1. The van der Waals surface area contributed by atoms with Gasteiger partial charge in [-0.3, -0.25) is 4.79 Å². The van der Waals surface area contributed by atoms with Crippen molar-refractivity contribution in [3.8, 4) is 0 Å². The zero-order chi connectivity index (χ0) is 14.9. The van der Waals surface area contributed by atoms with Crippen LogP contribution in [0.1, 0.15) is 23.7 Å². The van der Waals surface area contributed by atoms with Gasteiger partial charge in [0.15, 0.2) is 0 Å². The van der Waals surface area contributed by atoms with Crippen LogP contribution in [0.25, 0.3) is 10.9 Å². The second kappa shape index (κ2) is 5.37. The Morgan fingerprint density at radius 1 is 1.27 bits per heavy atom. The molecule has 1 aromatic carbocycles. The predicted octanol–water partition coefficient (Wildman–Crippen LogP) is 3.22. The van der Waals surface area contributed by atoms with E-state index >= 15 is 0 Å². The van der Waals surface area contributed by atoms with Gasteiger partial charge in [0.1, 0.15) is 5.76 Å². The molecule has 0 spiro atoms. The summed E-state index contributed by atoms with van der Waals surface area (Å²) in [5.41, 5.74) is 2.39. The van der Waals surface area contributed by atoms with E-state index < -0.39 is 0 Å². The monoisotopic (exact) mass is 294 g/mol. The maximum absolute atomic E-state index is 12.1. The van der Waals surface area contributed by atoms with E-state index in [4.69, 9.17) is 4.42 Å². The molecule has 1 fully saturated rings. The molecule has 0 radical (unpaired) electrons. The van der Waals surface area contributed by atoms with Crippen LogP contribution in [-0.4, -0.2) is 17.4 Å². The van der Waals surface area contributed by atoms with Gasteiger partial charge in [0, 0.05) is 35.5 Å². The summed E-state index contributed by atoms with van der Waals surface area (Å²) in [5, 5.41) is 4.28. The van der Waals surface area contributed by atoms with Crippen LogP contribution in [-0.2, 0) is 11.2 Å². The quantitative estimate of drug-likeness (QED) is 0.759. The summed E-state index contributed by atoms with van der Waals surface area (Å²) < 4.78 is 5.37. The van der Waals surface area contributed by atoms with Crippen LogP contribution in [0.15, 0.2) is 53.3 Å². The molecule has 0 unspecified atom stereocenters. The normalized spacial score (nSPS) is 20.2. The van der Waals surface area contributed by atoms with Gasteiger partial charge in [-0.1, -0.05) is 18.2 Å². The minimum atomic E-state index is 0.0779. The summed E-state index contributed by atoms with van der Waals surface area (Å²) in [6.45, 7) is 0.669. The van der Waals surface area contributed by atoms with Gasteiger partial charge in [-0.25, -0.2) is 0 Å². The number of para-hydroxylation sites is 1. The molecule has 1 amide bonds. The Labute approximate surface area is 128 Å². The summed E-state index contributed by atoms with van der Waals surface area (Å²) in [6, 6.07) is 12.1. The van der Waals surface area contributed by atoms with E-state index in [2.05, 4.69) is 22.4 Å². The molecule has 2 atom stereocenters. The van der Waals surface area contributed by atoms with Gasteiger partial charge in [-0.2, -0.15) is 0 Å². The lowest BCUT2D eigenvalue weighted by atomic mass is 10.1. The number of hydrogen-bond donors (Lipinski definition) is 2. The third kappa shape index (κ3) is 2.41. The second-order valence-electron chi connectivity index (χ2n) is 5.86. The number of aromatic amines is 1. The average molecular weight is 294 g/mol. The number of nitrogens with one attached hydrogen (secondary N) is 2. The van der Waals surface area contributed by atoms with Crippen molar-refractivity contribution in [2.24, 2.45) is 5.92 Å². The molecule has 22 heavy (non-hydrogen) atoms.